The highest BCUT2D eigenvalue weighted by Crippen LogP contribution is 2.21. The SMILES string of the molecule is CCC1CCCCN1C(=O)c1ccnc(C(=O)NC(C)C)c1. The van der Waals surface area contributed by atoms with E-state index in [1.165, 1.54) is 12.6 Å². The number of hydrogen-bond donors (Lipinski definition) is 1. The van der Waals surface area contributed by atoms with Crippen LogP contribution in [0.15, 0.2) is 18.3 Å². The first kappa shape index (κ1) is 16.5. The minimum Gasteiger partial charge on any atom is -0.349 e. The first-order valence-corrected chi connectivity index (χ1v) is 8.10. The van der Waals surface area contributed by atoms with E-state index in [2.05, 4.69) is 17.2 Å². The molecule has 0 bridgehead atoms. The molecular formula is C17H25N3O2. The van der Waals surface area contributed by atoms with Crippen molar-refractivity contribution in [3.8, 4) is 0 Å². The quantitative estimate of drug-likeness (QED) is 0.930. The number of piperidine rings is 1. The van der Waals surface area contributed by atoms with Gasteiger partial charge in [0.2, 0.25) is 0 Å². The molecule has 1 unspecified atom stereocenters. The van der Waals surface area contributed by atoms with Gasteiger partial charge in [-0.25, -0.2) is 0 Å². The third-order valence-corrected chi connectivity index (χ3v) is 4.02. The van der Waals surface area contributed by atoms with Gasteiger partial charge >= 0.3 is 0 Å². The number of carbonyl (C=O) groups is 2. The summed E-state index contributed by atoms with van der Waals surface area (Å²) in [7, 11) is 0. The van der Waals surface area contributed by atoms with Crippen molar-refractivity contribution < 1.29 is 9.59 Å². The lowest BCUT2D eigenvalue weighted by Crippen LogP contribution is -2.43. The number of amides is 2. The van der Waals surface area contributed by atoms with E-state index in [4.69, 9.17) is 0 Å². The Labute approximate surface area is 132 Å². The minimum absolute atomic E-state index is 0.00699. The summed E-state index contributed by atoms with van der Waals surface area (Å²) in [6.07, 6.45) is 5.80. The van der Waals surface area contributed by atoms with Gasteiger partial charge in [-0.2, -0.15) is 0 Å². The summed E-state index contributed by atoms with van der Waals surface area (Å²) in [6.45, 7) is 6.70. The topological polar surface area (TPSA) is 62.3 Å². The molecule has 0 spiro atoms. The Kier molecular flexibility index (Phi) is 5.52. The van der Waals surface area contributed by atoms with E-state index in [1.54, 1.807) is 12.1 Å². The monoisotopic (exact) mass is 303 g/mol. The van der Waals surface area contributed by atoms with Crippen LogP contribution in [0.3, 0.4) is 0 Å². The molecule has 1 aliphatic heterocycles. The van der Waals surface area contributed by atoms with Gasteiger partial charge in [0.1, 0.15) is 5.69 Å². The van der Waals surface area contributed by atoms with Crippen LogP contribution in [-0.2, 0) is 0 Å². The molecule has 2 rings (SSSR count). The van der Waals surface area contributed by atoms with Gasteiger partial charge < -0.3 is 10.2 Å². The van der Waals surface area contributed by atoms with Crippen LogP contribution < -0.4 is 5.32 Å². The summed E-state index contributed by atoms with van der Waals surface area (Å²) in [5.41, 5.74) is 0.842. The van der Waals surface area contributed by atoms with Crippen LogP contribution in [0.5, 0.6) is 0 Å². The van der Waals surface area contributed by atoms with E-state index in [-0.39, 0.29) is 17.9 Å². The number of carbonyl (C=O) groups excluding carboxylic acids is 2. The molecule has 1 saturated heterocycles. The molecule has 22 heavy (non-hydrogen) atoms. The Morgan fingerprint density at radius 3 is 2.86 bits per heavy atom. The molecule has 120 valence electrons. The van der Waals surface area contributed by atoms with Crippen molar-refractivity contribution in [2.45, 2.75) is 58.5 Å². The Balaban J connectivity index is 2.17. The minimum atomic E-state index is -0.240. The zero-order chi connectivity index (χ0) is 16.1. The summed E-state index contributed by atoms with van der Waals surface area (Å²) in [6, 6.07) is 3.64. The lowest BCUT2D eigenvalue weighted by Gasteiger charge is -2.35. The van der Waals surface area contributed by atoms with Crippen LogP contribution >= 0.6 is 0 Å². The molecule has 0 aromatic carbocycles. The average Bonchev–Trinajstić information content (AvgIpc) is 2.53. The number of nitrogens with zero attached hydrogens (tertiary/aromatic N) is 2. The molecule has 2 amide bonds. The first-order chi connectivity index (χ1) is 10.5. The molecule has 1 aliphatic rings. The summed E-state index contributed by atoms with van der Waals surface area (Å²) in [5.74, 6) is -0.233. The zero-order valence-corrected chi connectivity index (χ0v) is 13.6. The number of likely N-dealkylation sites (tertiary alicyclic amines) is 1. The lowest BCUT2D eigenvalue weighted by molar-refractivity contribution is 0.0608. The Hall–Kier alpha value is -1.91. The van der Waals surface area contributed by atoms with Crippen molar-refractivity contribution in [3.05, 3.63) is 29.6 Å². The van der Waals surface area contributed by atoms with E-state index in [9.17, 15) is 9.59 Å². The van der Waals surface area contributed by atoms with Crippen LogP contribution in [0, 0.1) is 0 Å². The molecule has 5 nitrogen and oxygen atoms in total. The van der Waals surface area contributed by atoms with Gasteiger partial charge in [0.25, 0.3) is 11.8 Å². The van der Waals surface area contributed by atoms with Crippen molar-refractivity contribution in [2.75, 3.05) is 6.54 Å². The molecule has 0 saturated carbocycles. The first-order valence-electron chi connectivity index (χ1n) is 8.10. The van der Waals surface area contributed by atoms with Gasteiger partial charge in [0.15, 0.2) is 0 Å². The Morgan fingerprint density at radius 2 is 2.18 bits per heavy atom. The van der Waals surface area contributed by atoms with Gasteiger partial charge in [0.05, 0.1) is 0 Å². The molecule has 0 aliphatic carbocycles. The second-order valence-corrected chi connectivity index (χ2v) is 6.11. The fourth-order valence-electron chi connectivity index (χ4n) is 2.88. The van der Waals surface area contributed by atoms with Gasteiger partial charge in [-0.15, -0.1) is 0 Å². The van der Waals surface area contributed by atoms with Crippen LogP contribution in [0.2, 0.25) is 0 Å². The van der Waals surface area contributed by atoms with E-state index >= 15 is 0 Å². The second-order valence-electron chi connectivity index (χ2n) is 6.11. The zero-order valence-electron chi connectivity index (χ0n) is 13.6. The summed E-state index contributed by atoms with van der Waals surface area (Å²) >= 11 is 0. The normalized spacial score (nSPS) is 18.4. The predicted octanol–water partition coefficient (Wildman–Crippen LogP) is 2.62. The number of rotatable bonds is 4. The van der Waals surface area contributed by atoms with Crippen molar-refractivity contribution in [1.82, 2.24) is 15.2 Å². The van der Waals surface area contributed by atoms with E-state index in [0.29, 0.717) is 17.3 Å². The fourth-order valence-corrected chi connectivity index (χ4v) is 2.88. The highest BCUT2D eigenvalue weighted by Gasteiger charge is 2.26. The molecule has 1 atom stereocenters. The van der Waals surface area contributed by atoms with Crippen LogP contribution in [0.25, 0.3) is 0 Å². The molecule has 5 heteroatoms. The highest BCUT2D eigenvalue weighted by atomic mass is 16.2. The van der Waals surface area contributed by atoms with Crippen molar-refractivity contribution >= 4 is 11.8 Å². The third kappa shape index (κ3) is 3.84. The smallest absolute Gasteiger partial charge is 0.270 e. The molecule has 1 N–H and O–H groups in total. The molecule has 1 aromatic heterocycles. The highest BCUT2D eigenvalue weighted by molar-refractivity contribution is 5.98. The van der Waals surface area contributed by atoms with Crippen molar-refractivity contribution in [1.29, 1.82) is 0 Å². The standard InChI is InChI=1S/C17H25N3O2/c1-4-14-7-5-6-10-20(14)17(22)13-8-9-18-15(11-13)16(21)19-12(2)3/h8-9,11-12,14H,4-7,10H2,1-3H3,(H,19,21). The second kappa shape index (κ2) is 7.38. The van der Waals surface area contributed by atoms with Gasteiger partial charge in [0, 0.05) is 30.4 Å². The third-order valence-electron chi connectivity index (χ3n) is 4.02. The predicted molar refractivity (Wildman–Crippen MR) is 85.8 cm³/mol. The molecule has 2 heterocycles. The summed E-state index contributed by atoms with van der Waals surface area (Å²) < 4.78 is 0. The largest absolute Gasteiger partial charge is 0.349 e. The Morgan fingerprint density at radius 1 is 1.41 bits per heavy atom. The molecule has 1 aromatic rings. The Bertz CT molecular complexity index is 542. The maximum atomic E-state index is 12.7. The summed E-state index contributed by atoms with van der Waals surface area (Å²) in [5, 5.41) is 2.80. The van der Waals surface area contributed by atoms with Crippen LogP contribution in [-0.4, -0.2) is 40.3 Å². The maximum absolute atomic E-state index is 12.7. The van der Waals surface area contributed by atoms with E-state index in [1.807, 2.05) is 18.7 Å². The van der Waals surface area contributed by atoms with Crippen LogP contribution in [0.4, 0.5) is 0 Å². The van der Waals surface area contributed by atoms with E-state index < -0.39 is 0 Å². The summed E-state index contributed by atoms with van der Waals surface area (Å²) in [4.78, 5) is 30.8. The fraction of sp³-hybridized carbons (Fsp3) is 0.588. The lowest BCUT2D eigenvalue weighted by atomic mass is 9.99. The van der Waals surface area contributed by atoms with Crippen molar-refractivity contribution in [3.63, 3.8) is 0 Å². The van der Waals surface area contributed by atoms with Crippen LogP contribution in [0.1, 0.15) is 67.3 Å². The van der Waals surface area contributed by atoms with Crippen molar-refractivity contribution in [2.24, 2.45) is 0 Å². The molecular weight excluding hydrogens is 278 g/mol. The number of hydrogen-bond acceptors (Lipinski definition) is 3. The number of nitrogens with one attached hydrogen (secondary N) is 1. The van der Waals surface area contributed by atoms with E-state index in [0.717, 1.165) is 25.8 Å². The molecule has 1 fully saturated rings. The van der Waals surface area contributed by atoms with Gasteiger partial charge in [-0.1, -0.05) is 6.92 Å². The maximum Gasteiger partial charge on any atom is 0.270 e. The van der Waals surface area contributed by atoms with Gasteiger partial charge in [-0.05, 0) is 51.7 Å². The number of aromatic nitrogens is 1. The van der Waals surface area contributed by atoms with Gasteiger partial charge in [-0.3, -0.25) is 14.6 Å². The average molecular weight is 303 g/mol. The molecule has 0 radical (unpaired) electrons. The number of pyridine rings is 1.